The Morgan fingerprint density at radius 1 is 0.966 bits per heavy atom. The van der Waals surface area contributed by atoms with E-state index in [1.807, 2.05) is 0 Å². The predicted molar refractivity (Wildman–Crippen MR) is 105 cm³/mol. The highest BCUT2D eigenvalue weighted by molar-refractivity contribution is 8.00. The van der Waals surface area contributed by atoms with Crippen LogP contribution in [0.5, 0.6) is 0 Å². The van der Waals surface area contributed by atoms with Crippen molar-refractivity contribution in [1.82, 2.24) is 4.90 Å². The molecule has 0 bridgehead atoms. The van der Waals surface area contributed by atoms with Crippen molar-refractivity contribution in [1.29, 1.82) is 0 Å². The van der Waals surface area contributed by atoms with Crippen molar-refractivity contribution in [2.24, 2.45) is 0 Å². The zero-order valence-electron chi connectivity index (χ0n) is 15.2. The molecule has 2 aromatic carbocycles. The lowest BCUT2D eigenvalue weighted by atomic mass is 10.1. The van der Waals surface area contributed by atoms with E-state index in [4.69, 9.17) is 4.74 Å². The molecule has 2 aromatic rings. The van der Waals surface area contributed by atoms with Gasteiger partial charge >= 0.3 is 5.97 Å². The molecule has 0 aromatic heterocycles. The van der Waals surface area contributed by atoms with E-state index in [1.54, 1.807) is 24.3 Å². The van der Waals surface area contributed by atoms with Crippen LogP contribution in [0.15, 0.2) is 48.5 Å². The van der Waals surface area contributed by atoms with Gasteiger partial charge in [-0.25, -0.2) is 4.39 Å². The van der Waals surface area contributed by atoms with Gasteiger partial charge in [-0.15, -0.1) is 11.8 Å². The van der Waals surface area contributed by atoms with Gasteiger partial charge in [0.2, 0.25) is 5.91 Å². The van der Waals surface area contributed by atoms with Crippen LogP contribution in [0, 0.1) is 5.82 Å². The van der Waals surface area contributed by atoms with E-state index in [1.165, 1.54) is 24.3 Å². The summed E-state index contributed by atoms with van der Waals surface area (Å²) in [5, 5.41) is 2.58. The van der Waals surface area contributed by atoms with Crippen LogP contribution in [-0.4, -0.2) is 53.2 Å². The van der Waals surface area contributed by atoms with E-state index in [9.17, 15) is 23.6 Å². The molecule has 0 unspecified atom stereocenters. The highest BCUT2D eigenvalue weighted by atomic mass is 32.2. The number of anilines is 1. The SMILES string of the molecule is O=C(CSCC(=O)OCCN1C(=O)c2ccccc2C1=O)Nc1ccc(F)cc1. The summed E-state index contributed by atoms with van der Waals surface area (Å²) in [6, 6.07) is 11.8. The largest absolute Gasteiger partial charge is 0.463 e. The molecular weight excluding hydrogens is 399 g/mol. The number of nitrogens with zero attached hydrogens (tertiary/aromatic N) is 1. The topological polar surface area (TPSA) is 92.8 Å². The standard InChI is InChI=1S/C20H17FN2O5S/c21-13-5-7-14(8-6-13)22-17(24)11-29-12-18(25)28-10-9-23-19(26)15-3-1-2-4-16(15)20(23)27/h1-8H,9-12H2,(H,22,24). The van der Waals surface area contributed by atoms with E-state index in [0.29, 0.717) is 16.8 Å². The summed E-state index contributed by atoms with van der Waals surface area (Å²) < 4.78 is 17.9. The highest BCUT2D eigenvalue weighted by Gasteiger charge is 2.34. The van der Waals surface area contributed by atoms with Crippen molar-refractivity contribution in [2.75, 3.05) is 30.0 Å². The van der Waals surface area contributed by atoms with Crippen molar-refractivity contribution >= 4 is 41.1 Å². The number of hydrogen-bond acceptors (Lipinski definition) is 6. The zero-order chi connectivity index (χ0) is 20.8. The molecule has 0 spiro atoms. The van der Waals surface area contributed by atoms with Gasteiger partial charge in [0.05, 0.1) is 29.2 Å². The Morgan fingerprint density at radius 2 is 1.59 bits per heavy atom. The first-order chi connectivity index (χ1) is 14.0. The van der Waals surface area contributed by atoms with Crippen LogP contribution >= 0.6 is 11.8 Å². The molecule has 1 aliphatic rings. The van der Waals surface area contributed by atoms with Crippen molar-refractivity contribution in [2.45, 2.75) is 0 Å². The third-order valence-electron chi connectivity index (χ3n) is 4.04. The van der Waals surface area contributed by atoms with E-state index in [-0.39, 0.29) is 30.6 Å². The van der Waals surface area contributed by atoms with Gasteiger partial charge < -0.3 is 10.1 Å². The first-order valence-electron chi connectivity index (χ1n) is 8.69. The molecule has 0 radical (unpaired) electrons. The van der Waals surface area contributed by atoms with E-state index >= 15 is 0 Å². The molecule has 0 fully saturated rings. The van der Waals surface area contributed by atoms with Crippen molar-refractivity contribution in [3.8, 4) is 0 Å². The number of rotatable bonds is 8. The summed E-state index contributed by atoms with van der Waals surface area (Å²) in [7, 11) is 0. The molecule has 0 atom stereocenters. The van der Waals surface area contributed by atoms with E-state index < -0.39 is 23.6 Å². The van der Waals surface area contributed by atoms with Crippen LogP contribution in [0.2, 0.25) is 0 Å². The minimum Gasteiger partial charge on any atom is -0.463 e. The third-order valence-corrected chi connectivity index (χ3v) is 4.94. The van der Waals surface area contributed by atoms with Crippen LogP contribution in [0.1, 0.15) is 20.7 Å². The molecule has 0 saturated carbocycles. The Hall–Kier alpha value is -3.20. The maximum atomic E-state index is 12.8. The number of esters is 1. The summed E-state index contributed by atoms with van der Waals surface area (Å²) in [4.78, 5) is 49.0. The fourth-order valence-electron chi connectivity index (χ4n) is 2.69. The van der Waals surface area contributed by atoms with Gasteiger partial charge in [-0.1, -0.05) is 12.1 Å². The van der Waals surface area contributed by atoms with E-state index in [0.717, 1.165) is 16.7 Å². The first kappa shape index (κ1) is 20.5. The van der Waals surface area contributed by atoms with Crippen LogP contribution in [-0.2, 0) is 14.3 Å². The summed E-state index contributed by atoms with van der Waals surface area (Å²) >= 11 is 1.06. The molecule has 1 N–H and O–H groups in total. The Morgan fingerprint density at radius 3 is 2.21 bits per heavy atom. The Bertz CT molecular complexity index is 913. The minimum atomic E-state index is -0.554. The number of thioether (sulfide) groups is 1. The number of amides is 3. The normalized spacial score (nSPS) is 12.7. The average Bonchev–Trinajstić information content (AvgIpc) is 2.95. The quantitative estimate of drug-likeness (QED) is 0.525. The lowest BCUT2D eigenvalue weighted by Crippen LogP contribution is -2.33. The molecular formula is C20H17FN2O5S. The van der Waals surface area contributed by atoms with Gasteiger partial charge in [0.15, 0.2) is 0 Å². The minimum absolute atomic E-state index is 0.0187. The Labute approximate surface area is 170 Å². The number of ether oxygens (including phenoxy) is 1. The maximum Gasteiger partial charge on any atom is 0.315 e. The van der Waals surface area contributed by atoms with Gasteiger partial charge in [0.25, 0.3) is 11.8 Å². The number of imide groups is 1. The smallest absolute Gasteiger partial charge is 0.315 e. The number of carbonyl (C=O) groups excluding carboxylic acids is 4. The second-order valence-electron chi connectivity index (χ2n) is 6.08. The van der Waals surface area contributed by atoms with Gasteiger partial charge in [-0.2, -0.15) is 0 Å². The van der Waals surface area contributed by atoms with Crippen LogP contribution in [0.3, 0.4) is 0 Å². The molecule has 150 valence electrons. The molecule has 3 rings (SSSR count). The Balaban J connectivity index is 1.34. The van der Waals surface area contributed by atoms with Crippen molar-refractivity contribution in [3.63, 3.8) is 0 Å². The van der Waals surface area contributed by atoms with E-state index in [2.05, 4.69) is 5.32 Å². The number of hydrogen-bond donors (Lipinski definition) is 1. The first-order valence-corrected chi connectivity index (χ1v) is 9.85. The second-order valence-corrected chi connectivity index (χ2v) is 7.06. The monoisotopic (exact) mass is 416 g/mol. The molecule has 3 amide bonds. The third kappa shape index (κ3) is 5.20. The fraction of sp³-hybridized carbons (Fsp3) is 0.200. The number of nitrogens with one attached hydrogen (secondary N) is 1. The molecule has 1 aliphatic heterocycles. The Kier molecular flexibility index (Phi) is 6.61. The summed E-state index contributed by atoms with van der Waals surface area (Å²) in [6.45, 7) is -0.152. The van der Waals surface area contributed by atoms with Crippen LogP contribution in [0.25, 0.3) is 0 Å². The predicted octanol–water partition coefficient (Wildman–Crippen LogP) is 2.34. The summed E-state index contributed by atoms with van der Waals surface area (Å²) in [5.74, 6) is -2.14. The lowest BCUT2D eigenvalue weighted by molar-refractivity contribution is -0.140. The molecule has 1 heterocycles. The zero-order valence-corrected chi connectivity index (χ0v) is 16.0. The number of carbonyl (C=O) groups is 4. The van der Waals surface area contributed by atoms with Crippen LogP contribution in [0.4, 0.5) is 10.1 Å². The number of benzene rings is 2. The molecule has 0 saturated heterocycles. The molecule has 29 heavy (non-hydrogen) atoms. The molecule has 7 nitrogen and oxygen atoms in total. The summed E-state index contributed by atoms with van der Waals surface area (Å²) in [6.07, 6.45) is 0. The van der Waals surface area contributed by atoms with Crippen molar-refractivity contribution < 1.29 is 28.3 Å². The highest BCUT2D eigenvalue weighted by Crippen LogP contribution is 2.21. The van der Waals surface area contributed by atoms with Crippen molar-refractivity contribution in [3.05, 3.63) is 65.5 Å². The number of halogens is 1. The average molecular weight is 416 g/mol. The lowest BCUT2D eigenvalue weighted by Gasteiger charge is -2.13. The number of fused-ring (bicyclic) bond motifs is 1. The van der Waals surface area contributed by atoms with Gasteiger partial charge in [-0.3, -0.25) is 24.1 Å². The fourth-order valence-corrected chi connectivity index (χ4v) is 3.30. The molecule has 9 heteroatoms. The maximum absolute atomic E-state index is 12.8. The van der Waals surface area contributed by atoms with Gasteiger partial charge in [-0.05, 0) is 36.4 Å². The van der Waals surface area contributed by atoms with Gasteiger partial charge in [0, 0.05) is 5.69 Å². The van der Waals surface area contributed by atoms with Crippen LogP contribution < -0.4 is 5.32 Å². The summed E-state index contributed by atoms with van der Waals surface area (Å²) in [5.41, 5.74) is 1.14. The second kappa shape index (κ2) is 9.33. The van der Waals surface area contributed by atoms with Gasteiger partial charge in [0.1, 0.15) is 12.4 Å². The molecule has 0 aliphatic carbocycles.